The zero-order chi connectivity index (χ0) is 14.8. The Morgan fingerprint density at radius 1 is 1.29 bits per heavy atom. The standard InChI is InChI=1S/C15H19N3O3/c1-10-16-13-7-11(9-18-3-5-21-6-4-18)14(20-2)8-12(13)15(19)17-10/h7-8H,3-6,9H2,1-2H3,(H,16,17,19). The van der Waals surface area contributed by atoms with Crippen molar-refractivity contribution in [2.45, 2.75) is 13.5 Å². The van der Waals surface area contributed by atoms with Gasteiger partial charge in [-0.05, 0) is 19.1 Å². The van der Waals surface area contributed by atoms with E-state index in [1.165, 1.54) is 0 Å². The normalized spacial score (nSPS) is 16.3. The van der Waals surface area contributed by atoms with E-state index in [1.807, 2.05) is 6.07 Å². The van der Waals surface area contributed by atoms with Crippen LogP contribution in [0.25, 0.3) is 10.9 Å². The first-order chi connectivity index (χ1) is 10.2. The molecule has 1 aromatic carbocycles. The molecule has 0 unspecified atom stereocenters. The van der Waals surface area contributed by atoms with Gasteiger partial charge >= 0.3 is 0 Å². The molecule has 1 aliphatic heterocycles. The Labute approximate surface area is 123 Å². The highest BCUT2D eigenvalue weighted by atomic mass is 16.5. The summed E-state index contributed by atoms with van der Waals surface area (Å²) < 4.78 is 10.8. The van der Waals surface area contributed by atoms with Gasteiger partial charge in [-0.2, -0.15) is 4.98 Å². The second-order valence-electron chi connectivity index (χ2n) is 5.16. The molecule has 2 heterocycles. The van der Waals surface area contributed by atoms with Crippen molar-refractivity contribution in [3.8, 4) is 11.6 Å². The number of aryl methyl sites for hydroxylation is 1. The van der Waals surface area contributed by atoms with E-state index < -0.39 is 0 Å². The van der Waals surface area contributed by atoms with Gasteiger partial charge in [0.15, 0.2) is 0 Å². The van der Waals surface area contributed by atoms with Gasteiger partial charge in [0.25, 0.3) is 0 Å². The van der Waals surface area contributed by atoms with Crippen molar-refractivity contribution in [1.82, 2.24) is 14.9 Å². The molecule has 0 aliphatic carbocycles. The largest absolute Gasteiger partial charge is 0.496 e. The predicted molar refractivity (Wildman–Crippen MR) is 78.6 cm³/mol. The fraction of sp³-hybridized carbons (Fsp3) is 0.467. The number of fused-ring (bicyclic) bond motifs is 1. The first kappa shape index (κ1) is 14.0. The Balaban J connectivity index is 2.00. The number of aromatic hydroxyl groups is 1. The highest BCUT2D eigenvalue weighted by Crippen LogP contribution is 2.30. The molecule has 0 bridgehead atoms. The molecule has 112 valence electrons. The van der Waals surface area contributed by atoms with Crippen LogP contribution in [-0.2, 0) is 11.3 Å². The van der Waals surface area contributed by atoms with Crippen LogP contribution in [-0.4, -0.2) is 53.4 Å². The van der Waals surface area contributed by atoms with E-state index in [1.54, 1.807) is 20.1 Å². The smallest absolute Gasteiger partial charge is 0.222 e. The van der Waals surface area contributed by atoms with E-state index >= 15 is 0 Å². The van der Waals surface area contributed by atoms with Gasteiger partial charge in [-0.25, -0.2) is 4.98 Å². The molecule has 1 N–H and O–H groups in total. The van der Waals surface area contributed by atoms with Crippen LogP contribution in [0.15, 0.2) is 12.1 Å². The minimum absolute atomic E-state index is 0.00581. The summed E-state index contributed by atoms with van der Waals surface area (Å²) in [5, 5.41) is 10.6. The monoisotopic (exact) mass is 289 g/mol. The molecule has 0 saturated carbocycles. The first-order valence-electron chi connectivity index (χ1n) is 7.01. The minimum atomic E-state index is -0.00581. The lowest BCUT2D eigenvalue weighted by atomic mass is 10.1. The summed E-state index contributed by atoms with van der Waals surface area (Å²) in [6.45, 7) is 5.90. The lowest BCUT2D eigenvalue weighted by Gasteiger charge is -2.27. The van der Waals surface area contributed by atoms with Gasteiger partial charge in [0.05, 0.1) is 31.2 Å². The van der Waals surface area contributed by atoms with Crippen LogP contribution in [0.3, 0.4) is 0 Å². The molecule has 0 atom stereocenters. The van der Waals surface area contributed by atoms with E-state index in [0.717, 1.165) is 49.7 Å². The van der Waals surface area contributed by atoms with Crippen molar-refractivity contribution < 1.29 is 14.6 Å². The summed E-state index contributed by atoms with van der Waals surface area (Å²) in [5.41, 5.74) is 1.80. The van der Waals surface area contributed by atoms with Gasteiger partial charge in [-0.15, -0.1) is 0 Å². The molecule has 6 nitrogen and oxygen atoms in total. The quantitative estimate of drug-likeness (QED) is 0.923. The summed E-state index contributed by atoms with van der Waals surface area (Å²) in [5.74, 6) is 1.30. The third-order valence-electron chi connectivity index (χ3n) is 3.69. The maximum atomic E-state index is 9.95. The van der Waals surface area contributed by atoms with E-state index in [4.69, 9.17) is 9.47 Å². The fourth-order valence-electron chi connectivity index (χ4n) is 2.61. The molecule has 0 radical (unpaired) electrons. The molecule has 3 rings (SSSR count). The molecule has 1 saturated heterocycles. The third-order valence-corrected chi connectivity index (χ3v) is 3.69. The Morgan fingerprint density at radius 2 is 2.05 bits per heavy atom. The predicted octanol–water partition coefficient (Wildman–Crippen LogP) is 1.48. The molecule has 0 amide bonds. The lowest BCUT2D eigenvalue weighted by molar-refractivity contribution is 0.0339. The van der Waals surface area contributed by atoms with E-state index in [0.29, 0.717) is 11.2 Å². The summed E-state index contributed by atoms with van der Waals surface area (Å²) in [6, 6.07) is 3.78. The number of nitrogens with zero attached hydrogens (tertiary/aromatic N) is 3. The van der Waals surface area contributed by atoms with Crippen LogP contribution in [0.1, 0.15) is 11.4 Å². The maximum Gasteiger partial charge on any atom is 0.222 e. The van der Waals surface area contributed by atoms with Crippen molar-refractivity contribution in [1.29, 1.82) is 0 Å². The zero-order valence-electron chi connectivity index (χ0n) is 12.3. The number of rotatable bonds is 3. The van der Waals surface area contributed by atoms with E-state index in [9.17, 15) is 5.11 Å². The molecule has 21 heavy (non-hydrogen) atoms. The van der Waals surface area contributed by atoms with Crippen molar-refractivity contribution in [3.05, 3.63) is 23.5 Å². The highest BCUT2D eigenvalue weighted by Gasteiger charge is 2.16. The van der Waals surface area contributed by atoms with Gasteiger partial charge < -0.3 is 14.6 Å². The van der Waals surface area contributed by atoms with Gasteiger partial charge in [0, 0.05) is 25.2 Å². The molecule has 0 spiro atoms. The van der Waals surface area contributed by atoms with Crippen LogP contribution in [0.2, 0.25) is 0 Å². The molecule has 6 heteroatoms. The Hall–Kier alpha value is -1.92. The number of methoxy groups -OCH3 is 1. The first-order valence-corrected chi connectivity index (χ1v) is 7.01. The molecule has 1 fully saturated rings. The number of ether oxygens (including phenoxy) is 2. The lowest BCUT2D eigenvalue weighted by Crippen LogP contribution is -2.35. The average Bonchev–Trinajstić information content (AvgIpc) is 2.47. The second kappa shape index (κ2) is 5.83. The third kappa shape index (κ3) is 2.91. The maximum absolute atomic E-state index is 9.95. The van der Waals surface area contributed by atoms with Crippen LogP contribution in [0.5, 0.6) is 11.6 Å². The number of morpholine rings is 1. The molecule has 2 aromatic rings. The van der Waals surface area contributed by atoms with E-state index in [2.05, 4.69) is 14.9 Å². The Kier molecular flexibility index (Phi) is 3.90. The van der Waals surface area contributed by atoms with Crippen LogP contribution >= 0.6 is 0 Å². The summed E-state index contributed by atoms with van der Waals surface area (Å²) in [4.78, 5) is 10.7. The SMILES string of the molecule is COc1cc2c(O)nc(C)nc2cc1CN1CCOCC1. The molecular weight excluding hydrogens is 270 g/mol. The Bertz CT molecular complexity index is 654. The molecule has 1 aromatic heterocycles. The summed E-state index contributed by atoms with van der Waals surface area (Å²) in [6.07, 6.45) is 0. The van der Waals surface area contributed by atoms with E-state index in [-0.39, 0.29) is 5.88 Å². The number of hydrogen-bond donors (Lipinski definition) is 1. The van der Waals surface area contributed by atoms with Crippen LogP contribution in [0.4, 0.5) is 0 Å². The molecule has 1 aliphatic rings. The van der Waals surface area contributed by atoms with Gasteiger partial charge in [-0.1, -0.05) is 0 Å². The highest BCUT2D eigenvalue weighted by molar-refractivity contribution is 5.85. The van der Waals surface area contributed by atoms with Gasteiger partial charge in [0.2, 0.25) is 5.88 Å². The van der Waals surface area contributed by atoms with Gasteiger partial charge in [-0.3, -0.25) is 4.90 Å². The average molecular weight is 289 g/mol. The van der Waals surface area contributed by atoms with Crippen LogP contribution in [0, 0.1) is 6.92 Å². The van der Waals surface area contributed by atoms with Gasteiger partial charge in [0.1, 0.15) is 11.6 Å². The summed E-state index contributed by atoms with van der Waals surface area (Å²) in [7, 11) is 1.63. The van der Waals surface area contributed by atoms with Crippen molar-refractivity contribution >= 4 is 10.9 Å². The second-order valence-corrected chi connectivity index (χ2v) is 5.16. The number of aromatic nitrogens is 2. The minimum Gasteiger partial charge on any atom is -0.496 e. The molecular formula is C15H19N3O3. The number of hydrogen-bond acceptors (Lipinski definition) is 6. The zero-order valence-corrected chi connectivity index (χ0v) is 12.3. The Morgan fingerprint density at radius 3 is 2.76 bits per heavy atom. The van der Waals surface area contributed by atoms with Crippen molar-refractivity contribution in [2.75, 3.05) is 33.4 Å². The topological polar surface area (TPSA) is 67.7 Å². The number of benzene rings is 1. The summed E-state index contributed by atoms with van der Waals surface area (Å²) >= 11 is 0. The van der Waals surface area contributed by atoms with Crippen LogP contribution < -0.4 is 4.74 Å². The van der Waals surface area contributed by atoms with Crippen molar-refractivity contribution in [3.63, 3.8) is 0 Å². The fourth-order valence-corrected chi connectivity index (χ4v) is 2.61. The van der Waals surface area contributed by atoms with Crippen molar-refractivity contribution in [2.24, 2.45) is 0 Å².